The maximum Gasteiger partial charge on any atom is 0.226 e. The van der Waals surface area contributed by atoms with E-state index in [-0.39, 0.29) is 41.4 Å². The largest absolute Gasteiger partial charge is 0.489 e. The van der Waals surface area contributed by atoms with E-state index in [0.29, 0.717) is 11.7 Å². The van der Waals surface area contributed by atoms with Crippen LogP contribution in [0, 0.1) is 23.6 Å². The van der Waals surface area contributed by atoms with Crippen molar-refractivity contribution in [1.82, 2.24) is 4.90 Å². The summed E-state index contributed by atoms with van der Waals surface area (Å²) in [6.45, 7) is 10.2. The van der Waals surface area contributed by atoms with Gasteiger partial charge in [0.1, 0.15) is 23.5 Å². The highest BCUT2D eigenvalue weighted by Crippen LogP contribution is 2.35. The Balaban J connectivity index is 1.38. The summed E-state index contributed by atoms with van der Waals surface area (Å²) in [6.07, 6.45) is 8.45. The lowest BCUT2D eigenvalue weighted by Crippen LogP contribution is -2.34. The highest BCUT2D eigenvalue weighted by atomic mass is 19.1. The molecule has 0 saturated carbocycles. The van der Waals surface area contributed by atoms with Crippen LogP contribution in [0.25, 0.3) is 0 Å². The summed E-state index contributed by atoms with van der Waals surface area (Å²) in [7, 11) is 0. The van der Waals surface area contributed by atoms with Gasteiger partial charge in [0.25, 0.3) is 0 Å². The average molecular weight is 533 g/mol. The number of rotatable bonds is 10. The second-order valence-corrected chi connectivity index (χ2v) is 11.2. The van der Waals surface area contributed by atoms with E-state index in [9.17, 15) is 14.0 Å². The molecule has 1 heterocycles. The van der Waals surface area contributed by atoms with Crippen LogP contribution < -0.4 is 5.32 Å². The lowest BCUT2D eigenvalue weighted by Gasteiger charge is -2.34. The molecule has 2 aromatic carbocycles. The normalized spacial score (nSPS) is 20.9. The molecule has 1 amide bonds. The molecule has 1 aliphatic heterocycles. The van der Waals surface area contributed by atoms with E-state index in [1.165, 1.54) is 17.7 Å². The number of ketones is 1. The first-order valence-electron chi connectivity index (χ1n) is 14.2. The molecule has 0 radical (unpaired) electrons. The van der Waals surface area contributed by atoms with Crippen LogP contribution in [0.1, 0.15) is 70.1 Å². The lowest BCUT2D eigenvalue weighted by molar-refractivity contribution is -0.122. The van der Waals surface area contributed by atoms with Gasteiger partial charge in [-0.1, -0.05) is 57.2 Å². The van der Waals surface area contributed by atoms with Gasteiger partial charge in [0.05, 0.1) is 5.92 Å². The molecule has 3 atom stereocenters. The van der Waals surface area contributed by atoms with Crippen molar-refractivity contribution in [3.8, 4) is 0 Å². The maximum absolute atomic E-state index is 13.7. The van der Waals surface area contributed by atoms with Crippen LogP contribution in [-0.2, 0) is 14.3 Å². The van der Waals surface area contributed by atoms with E-state index in [1.807, 2.05) is 51.1 Å². The molecule has 0 bridgehead atoms. The molecule has 39 heavy (non-hydrogen) atoms. The Morgan fingerprint density at radius 1 is 1.10 bits per heavy atom. The van der Waals surface area contributed by atoms with Crippen molar-refractivity contribution in [2.24, 2.45) is 17.8 Å². The highest BCUT2D eigenvalue weighted by Gasteiger charge is 2.30. The zero-order chi connectivity index (χ0) is 27.9. The number of benzene rings is 2. The number of carbonyl (C=O) groups excluding carboxylic acids is 2. The molecule has 3 unspecified atom stereocenters. The van der Waals surface area contributed by atoms with Crippen molar-refractivity contribution in [2.75, 3.05) is 25.0 Å². The molecule has 1 N–H and O–H groups in total. The van der Waals surface area contributed by atoms with E-state index >= 15 is 0 Å². The standard InChI is InChI=1S/C33H41FN2O3/c1-22(2)33(38)35-29-9-6-8-27(21-29)25-15-18-36(19-16-25)20-17-30(26-11-13-28(34)14-12-26)39-31-10-5-7-23(3)32(31)24(4)37/h5-14,21-23,25,30,32H,15-20H2,1-4H3,(H,35,38). The smallest absolute Gasteiger partial charge is 0.226 e. The van der Waals surface area contributed by atoms with Gasteiger partial charge in [-0.05, 0) is 86.2 Å². The second-order valence-electron chi connectivity index (χ2n) is 11.2. The molecule has 1 fully saturated rings. The number of halogens is 1. The molecular weight excluding hydrogens is 491 g/mol. The Kier molecular flexibility index (Phi) is 9.73. The van der Waals surface area contributed by atoms with Gasteiger partial charge in [-0.15, -0.1) is 0 Å². The van der Waals surface area contributed by atoms with Crippen molar-refractivity contribution >= 4 is 17.4 Å². The summed E-state index contributed by atoms with van der Waals surface area (Å²) in [5, 5.41) is 3.01. The SMILES string of the molecule is CC(=O)C1C(OC(CCN2CCC(c3cccc(NC(=O)C(C)C)c3)CC2)c2ccc(F)cc2)=CC=CC1C. The van der Waals surface area contributed by atoms with Gasteiger partial charge in [-0.25, -0.2) is 4.39 Å². The first-order valence-corrected chi connectivity index (χ1v) is 14.2. The predicted octanol–water partition coefficient (Wildman–Crippen LogP) is 7.04. The second kappa shape index (κ2) is 13.2. The zero-order valence-corrected chi connectivity index (χ0v) is 23.5. The molecule has 5 nitrogen and oxygen atoms in total. The monoisotopic (exact) mass is 532 g/mol. The first-order chi connectivity index (χ1) is 18.7. The van der Waals surface area contributed by atoms with Crippen LogP contribution in [0.4, 0.5) is 10.1 Å². The van der Waals surface area contributed by atoms with Crippen molar-refractivity contribution < 1.29 is 18.7 Å². The fourth-order valence-electron chi connectivity index (χ4n) is 5.56. The van der Waals surface area contributed by atoms with Gasteiger partial charge in [-0.2, -0.15) is 0 Å². The summed E-state index contributed by atoms with van der Waals surface area (Å²) in [5.74, 6) is 0.718. The third-order valence-electron chi connectivity index (χ3n) is 7.91. The molecule has 0 spiro atoms. The molecule has 0 aromatic heterocycles. The molecule has 1 aliphatic carbocycles. The van der Waals surface area contributed by atoms with Gasteiger partial charge in [-0.3, -0.25) is 9.59 Å². The third-order valence-corrected chi connectivity index (χ3v) is 7.91. The van der Waals surface area contributed by atoms with Crippen LogP contribution in [0.2, 0.25) is 0 Å². The first kappa shape index (κ1) is 28.8. The number of hydrogen-bond donors (Lipinski definition) is 1. The quantitative estimate of drug-likeness (QED) is 0.356. The van der Waals surface area contributed by atoms with Gasteiger partial charge >= 0.3 is 0 Å². The Hall–Kier alpha value is -3.25. The van der Waals surface area contributed by atoms with Crippen LogP contribution in [0.15, 0.2) is 72.5 Å². The number of hydrogen-bond acceptors (Lipinski definition) is 4. The number of nitrogens with zero attached hydrogens (tertiary/aromatic N) is 1. The number of piperidine rings is 1. The van der Waals surface area contributed by atoms with Crippen LogP contribution in [-0.4, -0.2) is 36.2 Å². The molecule has 208 valence electrons. The fourth-order valence-corrected chi connectivity index (χ4v) is 5.56. The average Bonchev–Trinajstić information content (AvgIpc) is 2.91. The van der Waals surface area contributed by atoms with E-state index in [1.54, 1.807) is 19.1 Å². The molecule has 6 heteroatoms. The number of likely N-dealkylation sites (tertiary alicyclic amines) is 1. The molecule has 2 aromatic rings. The number of allylic oxidation sites excluding steroid dienone is 4. The fraction of sp³-hybridized carbons (Fsp3) is 0.455. The van der Waals surface area contributed by atoms with E-state index in [2.05, 4.69) is 22.3 Å². The van der Waals surface area contributed by atoms with Crippen molar-refractivity contribution in [3.63, 3.8) is 0 Å². The summed E-state index contributed by atoms with van der Waals surface area (Å²) in [6, 6.07) is 14.7. The van der Waals surface area contributed by atoms with Gasteiger partial charge in [0, 0.05) is 24.6 Å². The van der Waals surface area contributed by atoms with Crippen molar-refractivity contribution in [1.29, 1.82) is 0 Å². The Bertz CT molecular complexity index is 1200. The number of nitrogens with one attached hydrogen (secondary N) is 1. The van der Waals surface area contributed by atoms with E-state index in [0.717, 1.165) is 50.1 Å². The number of ether oxygens (including phenoxy) is 1. The molecule has 1 saturated heterocycles. The van der Waals surface area contributed by atoms with Gasteiger partial charge in [0.2, 0.25) is 5.91 Å². The Morgan fingerprint density at radius 3 is 2.49 bits per heavy atom. The minimum atomic E-state index is -0.297. The van der Waals surface area contributed by atoms with Crippen molar-refractivity contribution in [3.05, 3.63) is 89.5 Å². The third kappa shape index (κ3) is 7.66. The van der Waals surface area contributed by atoms with E-state index in [4.69, 9.17) is 4.74 Å². The summed E-state index contributed by atoms with van der Waals surface area (Å²) < 4.78 is 20.2. The molecule has 2 aliphatic rings. The van der Waals surface area contributed by atoms with E-state index < -0.39 is 0 Å². The number of carbonyl (C=O) groups is 2. The van der Waals surface area contributed by atoms with Crippen molar-refractivity contribution in [2.45, 2.75) is 59.0 Å². The minimum Gasteiger partial charge on any atom is -0.489 e. The summed E-state index contributed by atoms with van der Waals surface area (Å²) in [4.78, 5) is 27.0. The number of anilines is 1. The van der Waals surface area contributed by atoms with Gasteiger partial charge in [0.15, 0.2) is 0 Å². The Morgan fingerprint density at radius 2 is 1.82 bits per heavy atom. The van der Waals surface area contributed by atoms with Crippen LogP contribution in [0.3, 0.4) is 0 Å². The maximum atomic E-state index is 13.7. The number of Topliss-reactive ketones (excluding diaryl/α,β-unsaturated/α-hetero) is 1. The summed E-state index contributed by atoms with van der Waals surface area (Å²) >= 11 is 0. The van der Waals surface area contributed by atoms with Gasteiger partial charge < -0.3 is 15.0 Å². The minimum absolute atomic E-state index is 0.0315. The molecule has 4 rings (SSSR count). The topological polar surface area (TPSA) is 58.6 Å². The van der Waals surface area contributed by atoms with Crippen LogP contribution >= 0.6 is 0 Å². The lowest BCUT2D eigenvalue weighted by atomic mass is 9.85. The zero-order valence-electron chi connectivity index (χ0n) is 23.5. The Labute approximate surface area is 232 Å². The number of amides is 1. The van der Waals surface area contributed by atoms with Crippen LogP contribution in [0.5, 0.6) is 0 Å². The predicted molar refractivity (Wildman–Crippen MR) is 154 cm³/mol. The summed E-state index contributed by atoms with van der Waals surface area (Å²) in [5.41, 5.74) is 3.04. The highest BCUT2D eigenvalue weighted by molar-refractivity contribution is 5.92. The molecular formula is C33H41FN2O3.